The highest BCUT2D eigenvalue weighted by Gasteiger charge is 2.26. The van der Waals surface area contributed by atoms with E-state index in [-0.39, 0.29) is 5.84 Å². The number of hydrogen-bond acceptors (Lipinski definition) is 3. The van der Waals surface area contributed by atoms with E-state index in [4.69, 9.17) is 11.1 Å². The highest BCUT2D eigenvalue weighted by Crippen LogP contribution is 2.20. The van der Waals surface area contributed by atoms with Crippen molar-refractivity contribution in [2.45, 2.75) is 26.2 Å². The molecule has 7 heteroatoms. The highest BCUT2D eigenvalue weighted by atomic mass is 32.2. The zero-order valence-electron chi connectivity index (χ0n) is 12.2. The molecule has 4 N–H and O–H groups in total. The van der Waals surface area contributed by atoms with Crippen molar-refractivity contribution in [3.8, 4) is 0 Å². The van der Waals surface area contributed by atoms with Gasteiger partial charge < -0.3 is 5.73 Å². The Morgan fingerprint density at radius 3 is 2.43 bits per heavy atom. The average Bonchev–Trinajstić information content (AvgIpc) is 2.40. The van der Waals surface area contributed by atoms with E-state index in [1.165, 1.54) is 4.31 Å². The van der Waals surface area contributed by atoms with E-state index in [2.05, 4.69) is 11.6 Å². The molecule has 1 fully saturated rings. The quantitative estimate of drug-likeness (QED) is 0.568. The van der Waals surface area contributed by atoms with E-state index in [0.717, 1.165) is 18.4 Å². The van der Waals surface area contributed by atoms with Crippen LogP contribution in [-0.2, 0) is 16.6 Å². The number of piperidine rings is 1. The van der Waals surface area contributed by atoms with Crippen LogP contribution in [0.15, 0.2) is 24.3 Å². The molecule has 1 aromatic carbocycles. The summed E-state index contributed by atoms with van der Waals surface area (Å²) in [4.78, 5) is 0. The monoisotopic (exact) mass is 310 g/mol. The summed E-state index contributed by atoms with van der Waals surface area (Å²) >= 11 is 0. The van der Waals surface area contributed by atoms with Crippen molar-refractivity contribution in [2.75, 3.05) is 17.8 Å². The van der Waals surface area contributed by atoms with Gasteiger partial charge in [0.05, 0.1) is 5.84 Å². The van der Waals surface area contributed by atoms with Crippen molar-refractivity contribution in [3.63, 3.8) is 0 Å². The topological polar surface area (TPSA) is 99.3 Å². The van der Waals surface area contributed by atoms with Crippen LogP contribution in [0.25, 0.3) is 0 Å². The maximum absolute atomic E-state index is 12.3. The van der Waals surface area contributed by atoms with E-state index in [0.29, 0.717) is 31.1 Å². The molecule has 0 spiro atoms. The van der Waals surface area contributed by atoms with E-state index < -0.39 is 10.2 Å². The lowest BCUT2D eigenvalue weighted by molar-refractivity contribution is 0.289. The van der Waals surface area contributed by atoms with Gasteiger partial charge in [-0.05, 0) is 36.5 Å². The van der Waals surface area contributed by atoms with Gasteiger partial charge in [0.15, 0.2) is 0 Å². The Kier molecular flexibility index (Phi) is 4.84. The third-order valence-corrected chi connectivity index (χ3v) is 5.22. The summed E-state index contributed by atoms with van der Waals surface area (Å²) in [5, 5.41) is 7.24. The Morgan fingerprint density at radius 1 is 1.33 bits per heavy atom. The lowest BCUT2D eigenvalue weighted by Gasteiger charge is -2.29. The molecule has 0 amide bonds. The molecule has 21 heavy (non-hydrogen) atoms. The SMILES string of the molecule is CC1CCN(S(=O)(=O)Nc2ccc(CC(=N)N)cc2)CC1. The highest BCUT2D eigenvalue weighted by molar-refractivity contribution is 7.90. The summed E-state index contributed by atoms with van der Waals surface area (Å²) in [7, 11) is -3.48. The molecular weight excluding hydrogens is 288 g/mol. The number of hydrogen-bond donors (Lipinski definition) is 3. The average molecular weight is 310 g/mol. The first-order valence-corrected chi connectivity index (χ1v) is 8.50. The minimum Gasteiger partial charge on any atom is -0.387 e. The third kappa shape index (κ3) is 4.44. The van der Waals surface area contributed by atoms with Gasteiger partial charge in [-0.15, -0.1) is 0 Å². The van der Waals surface area contributed by atoms with Crippen molar-refractivity contribution in [1.29, 1.82) is 5.41 Å². The van der Waals surface area contributed by atoms with Gasteiger partial charge in [-0.2, -0.15) is 12.7 Å². The molecule has 0 aromatic heterocycles. The molecule has 0 radical (unpaired) electrons. The zero-order valence-corrected chi connectivity index (χ0v) is 13.0. The predicted molar refractivity (Wildman–Crippen MR) is 84.6 cm³/mol. The van der Waals surface area contributed by atoms with E-state index in [9.17, 15) is 8.42 Å². The maximum atomic E-state index is 12.3. The second-order valence-corrected chi connectivity index (χ2v) is 7.26. The fourth-order valence-electron chi connectivity index (χ4n) is 2.35. The Labute approximate surface area is 126 Å². The minimum absolute atomic E-state index is 0.0887. The van der Waals surface area contributed by atoms with Gasteiger partial charge in [0.25, 0.3) is 0 Å². The first kappa shape index (κ1) is 15.8. The summed E-state index contributed by atoms with van der Waals surface area (Å²) < 4.78 is 28.7. The number of nitrogens with zero attached hydrogens (tertiary/aromatic N) is 1. The first-order valence-electron chi connectivity index (χ1n) is 7.06. The van der Waals surface area contributed by atoms with Gasteiger partial charge in [0.2, 0.25) is 0 Å². The van der Waals surface area contributed by atoms with E-state index in [1.54, 1.807) is 24.3 Å². The summed E-state index contributed by atoms with van der Waals surface area (Å²) in [5.41, 5.74) is 6.75. The van der Waals surface area contributed by atoms with Crippen molar-refractivity contribution in [2.24, 2.45) is 11.7 Å². The lowest BCUT2D eigenvalue weighted by atomic mass is 10.0. The number of rotatable bonds is 5. The Morgan fingerprint density at radius 2 is 1.90 bits per heavy atom. The molecule has 116 valence electrons. The van der Waals surface area contributed by atoms with Gasteiger partial charge in [-0.3, -0.25) is 10.1 Å². The second-order valence-electron chi connectivity index (χ2n) is 5.59. The molecule has 1 aromatic rings. The Balaban J connectivity index is 2.01. The van der Waals surface area contributed by atoms with Gasteiger partial charge in [0, 0.05) is 25.2 Å². The van der Waals surface area contributed by atoms with E-state index in [1.807, 2.05) is 0 Å². The Bertz CT molecular complexity index is 590. The molecule has 0 unspecified atom stereocenters. The number of nitrogens with one attached hydrogen (secondary N) is 2. The summed E-state index contributed by atoms with van der Waals surface area (Å²) in [6.07, 6.45) is 2.17. The molecule has 6 nitrogen and oxygen atoms in total. The lowest BCUT2D eigenvalue weighted by Crippen LogP contribution is -2.41. The molecule has 0 bridgehead atoms. The summed E-state index contributed by atoms with van der Waals surface area (Å²) in [6.45, 7) is 3.28. The molecule has 2 rings (SSSR count). The van der Waals surface area contributed by atoms with Crippen LogP contribution in [0.2, 0.25) is 0 Å². The molecular formula is C14H22N4O2S. The van der Waals surface area contributed by atoms with Gasteiger partial charge in [0.1, 0.15) is 0 Å². The molecule has 0 aliphatic carbocycles. The van der Waals surface area contributed by atoms with Crippen LogP contribution < -0.4 is 10.5 Å². The summed E-state index contributed by atoms with van der Waals surface area (Å²) in [6, 6.07) is 6.94. The molecule has 1 heterocycles. The van der Waals surface area contributed by atoms with Crippen molar-refractivity contribution < 1.29 is 8.42 Å². The Hall–Kier alpha value is -1.60. The van der Waals surface area contributed by atoms with Crippen molar-refractivity contribution in [3.05, 3.63) is 29.8 Å². The largest absolute Gasteiger partial charge is 0.387 e. The fourth-order valence-corrected chi connectivity index (χ4v) is 3.60. The van der Waals surface area contributed by atoms with Crippen LogP contribution >= 0.6 is 0 Å². The second kappa shape index (κ2) is 6.44. The molecule has 1 aliphatic rings. The van der Waals surface area contributed by atoms with Gasteiger partial charge in [-0.1, -0.05) is 19.1 Å². The standard InChI is InChI=1S/C14H22N4O2S/c1-11-6-8-18(9-7-11)21(19,20)17-13-4-2-12(3-5-13)10-14(15)16/h2-5,11,17H,6-10H2,1H3,(H3,15,16). The van der Waals surface area contributed by atoms with Crippen LogP contribution in [0, 0.1) is 11.3 Å². The van der Waals surface area contributed by atoms with Gasteiger partial charge in [-0.25, -0.2) is 0 Å². The maximum Gasteiger partial charge on any atom is 0.301 e. The zero-order chi connectivity index (χ0) is 15.5. The fraction of sp³-hybridized carbons (Fsp3) is 0.500. The van der Waals surface area contributed by atoms with Crippen LogP contribution in [-0.4, -0.2) is 31.6 Å². The first-order chi connectivity index (χ1) is 9.87. The van der Waals surface area contributed by atoms with Crippen molar-refractivity contribution >= 4 is 21.7 Å². The van der Waals surface area contributed by atoms with Crippen molar-refractivity contribution in [1.82, 2.24) is 4.31 Å². The molecule has 1 saturated heterocycles. The molecule has 0 saturated carbocycles. The van der Waals surface area contributed by atoms with Gasteiger partial charge >= 0.3 is 10.2 Å². The molecule has 0 atom stereocenters. The number of amidine groups is 1. The van der Waals surface area contributed by atoms with E-state index >= 15 is 0 Å². The van der Waals surface area contributed by atoms with Crippen LogP contribution in [0.4, 0.5) is 5.69 Å². The number of benzene rings is 1. The van der Waals surface area contributed by atoms with Crippen LogP contribution in [0.3, 0.4) is 0 Å². The third-order valence-electron chi connectivity index (χ3n) is 3.68. The smallest absolute Gasteiger partial charge is 0.301 e. The normalized spacial score (nSPS) is 17.6. The van der Waals surface area contributed by atoms with Crippen LogP contribution in [0.1, 0.15) is 25.3 Å². The number of anilines is 1. The predicted octanol–water partition coefficient (Wildman–Crippen LogP) is 1.55. The molecule has 1 aliphatic heterocycles. The van der Waals surface area contributed by atoms with Crippen LogP contribution in [0.5, 0.6) is 0 Å². The number of nitrogens with two attached hydrogens (primary N) is 1. The minimum atomic E-state index is -3.48. The summed E-state index contributed by atoms with van der Waals surface area (Å²) in [5.74, 6) is 0.674.